The summed E-state index contributed by atoms with van der Waals surface area (Å²) in [4.78, 5) is 19.1. The quantitative estimate of drug-likeness (QED) is 0.838. The smallest absolute Gasteiger partial charge is 0.251 e. The maximum Gasteiger partial charge on any atom is 0.251 e. The minimum atomic E-state index is -0.331. The summed E-state index contributed by atoms with van der Waals surface area (Å²) in [6.45, 7) is 7.24. The van der Waals surface area contributed by atoms with Gasteiger partial charge in [-0.2, -0.15) is 0 Å². The van der Waals surface area contributed by atoms with Crippen LogP contribution in [-0.4, -0.2) is 41.5 Å². The van der Waals surface area contributed by atoms with E-state index in [1.54, 1.807) is 12.1 Å². The third kappa shape index (κ3) is 5.50. The van der Waals surface area contributed by atoms with Gasteiger partial charge in [-0.1, -0.05) is 0 Å². The molecule has 1 aliphatic heterocycles. The molecule has 1 aliphatic rings. The van der Waals surface area contributed by atoms with E-state index in [9.17, 15) is 9.18 Å². The normalized spacial score (nSPS) is 17.7. The molecule has 0 aliphatic carbocycles. The molecule has 0 saturated carbocycles. The van der Waals surface area contributed by atoms with Crippen molar-refractivity contribution >= 4 is 5.91 Å². The van der Waals surface area contributed by atoms with Crippen LogP contribution in [0.4, 0.5) is 4.39 Å². The highest BCUT2D eigenvalue weighted by Gasteiger charge is 2.22. The Balaban J connectivity index is 1.56. The van der Waals surface area contributed by atoms with Crippen LogP contribution >= 0.6 is 0 Å². The van der Waals surface area contributed by atoms with Crippen LogP contribution in [0.25, 0.3) is 0 Å². The molecule has 1 amide bonds. The molecule has 0 bridgehead atoms. The van der Waals surface area contributed by atoms with Gasteiger partial charge in [-0.05, 0) is 69.5 Å². The second-order valence-electron chi connectivity index (χ2n) is 7.25. The third-order valence-electron chi connectivity index (χ3n) is 4.87. The standard InChI is InChI=1S/C21H26FN3O2/c1-15(2)25-11-3-4-16(14-25)13-24-21(26)17-9-10-23-20(12-17)27-19-7-5-18(22)6-8-19/h5-10,12,15-16H,3-4,11,13-14H2,1-2H3,(H,24,26). The fourth-order valence-corrected chi connectivity index (χ4v) is 3.30. The maximum absolute atomic E-state index is 13.0. The van der Waals surface area contributed by atoms with Gasteiger partial charge >= 0.3 is 0 Å². The molecule has 1 unspecified atom stereocenters. The first-order valence-electron chi connectivity index (χ1n) is 9.43. The van der Waals surface area contributed by atoms with Crippen molar-refractivity contribution in [3.8, 4) is 11.6 Å². The summed E-state index contributed by atoms with van der Waals surface area (Å²) in [5, 5.41) is 3.03. The summed E-state index contributed by atoms with van der Waals surface area (Å²) in [5.41, 5.74) is 0.499. The largest absolute Gasteiger partial charge is 0.439 e. The molecule has 1 atom stereocenters. The number of carbonyl (C=O) groups excluding carboxylic acids is 1. The Labute approximate surface area is 159 Å². The van der Waals surface area contributed by atoms with Gasteiger partial charge in [0, 0.05) is 37.0 Å². The summed E-state index contributed by atoms with van der Waals surface area (Å²) in [5.74, 6) is 0.780. The number of hydrogen-bond acceptors (Lipinski definition) is 4. The lowest BCUT2D eigenvalue weighted by Gasteiger charge is -2.35. The fourth-order valence-electron chi connectivity index (χ4n) is 3.30. The van der Waals surface area contributed by atoms with Gasteiger partial charge in [0.05, 0.1) is 0 Å². The van der Waals surface area contributed by atoms with Crippen molar-refractivity contribution in [2.24, 2.45) is 5.92 Å². The average molecular weight is 371 g/mol. The molecule has 2 heterocycles. The highest BCUT2D eigenvalue weighted by atomic mass is 19.1. The van der Waals surface area contributed by atoms with Gasteiger partial charge in [-0.25, -0.2) is 9.37 Å². The zero-order valence-corrected chi connectivity index (χ0v) is 15.8. The van der Waals surface area contributed by atoms with Gasteiger partial charge in [0.15, 0.2) is 0 Å². The molecular weight excluding hydrogens is 345 g/mol. The number of rotatable bonds is 6. The van der Waals surface area contributed by atoms with Crippen LogP contribution < -0.4 is 10.1 Å². The van der Waals surface area contributed by atoms with Crippen LogP contribution in [0.2, 0.25) is 0 Å². The number of halogens is 1. The van der Waals surface area contributed by atoms with E-state index in [0.717, 1.165) is 19.5 Å². The molecule has 27 heavy (non-hydrogen) atoms. The lowest BCUT2D eigenvalue weighted by Crippen LogP contribution is -2.43. The number of amides is 1. The number of ether oxygens (including phenoxy) is 1. The molecule has 1 aromatic carbocycles. The molecular formula is C21H26FN3O2. The van der Waals surface area contributed by atoms with Gasteiger partial charge in [0.2, 0.25) is 5.88 Å². The SMILES string of the molecule is CC(C)N1CCCC(CNC(=O)c2ccnc(Oc3ccc(F)cc3)c2)C1. The number of hydrogen-bond donors (Lipinski definition) is 1. The van der Waals surface area contributed by atoms with E-state index in [-0.39, 0.29) is 11.7 Å². The molecule has 1 N–H and O–H groups in total. The van der Waals surface area contributed by atoms with E-state index in [1.807, 2.05) is 0 Å². The van der Waals surface area contributed by atoms with Crippen molar-refractivity contribution in [3.63, 3.8) is 0 Å². The van der Waals surface area contributed by atoms with E-state index < -0.39 is 0 Å². The Hall–Kier alpha value is -2.47. The van der Waals surface area contributed by atoms with E-state index in [1.165, 1.54) is 36.9 Å². The topological polar surface area (TPSA) is 54.5 Å². The van der Waals surface area contributed by atoms with Crippen molar-refractivity contribution in [2.75, 3.05) is 19.6 Å². The Kier molecular flexibility index (Phi) is 6.40. The van der Waals surface area contributed by atoms with E-state index in [4.69, 9.17) is 4.74 Å². The number of piperidine rings is 1. The van der Waals surface area contributed by atoms with Crippen molar-refractivity contribution in [2.45, 2.75) is 32.7 Å². The monoisotopic (exact) mass is 371 g/mol. The first-order valence-corrected chi connectivity index (χ1v) is 9.43. The maximum atomic E-state index is 13.0. The number of benzene rings is 1. The van der Waals surface area contributed by atoms with Gasteiger partial charge in [-0.3, -0.25) is 4.79 Å². The van der Waals surface area contributed by atoms with Gasteiger partial charge in [0.1, 0.15) is 11.6 Å². The van der Waals surface area contributed by atoms with Gasteiger partial charge in [0.25, 0.3) is 5.91 Å². The molecule has 5 nitrogen and oxygen atoms in total. The third-order valence-corrected chi connectivity index (χ3v) is 4.87. The Morgan fingerprint density at radius 2 is 2.11 bits per heavy atom. The summed E-state index contributed by atoms with van der Waals surface area (Å²) in [6.07, 6.45) is 3.84. The molecule has 0 radical (unpaired) electrons. The molecule has 2 aromatic rings. The Morgan fingerprint density at radius 1 is 1.33 bits per heavy atom. The number of nitrogens with one attached hydrogen (secondary N) is 1. The zero-order valence-electron chi connectivity index (χ0n) is 15.8. The number of nitrogens with zero attached hydrogens (tertiary/aromatic N) is 2. The van der Waals surface area contributed by atoms with Gasteiger partial charge in [-0.15, -0.1) is 0 Å². The minimum absolute atomic E-state index is 0.136. The number of aromatic nitrogens is 1. The summed E-state index contributed by atoms with van der Waals surface area (Å²) in [7, 11) is 0. The molecule has 3 rings (SSSR count). The lowest BCUT2D eigenvalue weighted by atomic mass is 9.97. The Bertz CT molecular complexity index is 764. The van der Waals surface area contributed by atoms with Gasteiger partial charge < -0.3 is 15.0 Å². The summed E-state index contributed by atoms with van der Waals surface area (Å²) < 4.78 is 18.6. The van der Waals surface area contributed by atoms with Crippen LogP contribution in [0, 0.1) is 11.7 Å². The number of carbonyl (C=O) groups is 1. The van der Waals surface area contributed by atoms with E-state index in [2.05, 4.69) is 29.0 Å². The highest BCUT2D eigenvalue weighted by molar-refractivity contribution is 5.94. The molecule has 1 fully saturated rings. The average Bonchev–Trinajstić information content (AvgIpc) is 2.68. The van der Waals surface area contributed by atoms with Crippen LogP contribution in [0.3, 0.4) is 0 Å². The number of likely N-dealkylation sites (tertiary alicyclic amines) is 1. The van der Waals surface area contributed by atoms with E-state index >= 15 is 0 Å². The number of pyridine rings is 1. The molecule has 1 aromatic heterocycles. The van der Waals surface area contributed by atoms with Crippen LogP contribution in [-0.2, 0) is 0 Å². The summed E-state index contributed by atoms with van der Waals surface area (Å²) in [6, 6.07) is 9.47. The second kappa shape index (κ2) is 8.95. The van der Waals surface area contributed by atoms with E-state index in [0.29, 0.717) is 35.7 Å². The fraction of sp³-hybridized carbons (Fsp3) is 0.429. The summed E-state index contributed by atoms with van der Waals surface area (Å²) >= 11 is 0. The second-order valence-corrected chi connectivity index (χ2v) is 7.25. The zero-order chi connectivity index (χ0) is 19.2. The van der Waals surface area contributed by atoms with Crippen molar-refractivity contribution < 1.29 is 13.9 Å². The molecule has 1 saturated heterocycles. The first kappa shape index (κ1) is 19.3. The molecule has 0 spiro atoms. The predicted molar refractivity (Wildman–Crippen MR) is 102 cm³/mol. The predicted octanol–water partition coefficient (Wildman–Crippen LogP) is 3.86. The van der Waals surface area contributed by atoms with Crippen LogP contribution in [0.15, 0.2) is 42.6 Å². The van der Waals surface area contributed by atoms with Crippen molar-refractivity contribution in [1.82, 2.24) is 15.2 Å². The minimum Gasteiger partial charge on any atom is -0.439 e. The molecule has 144 valence electrons. The van der Waals surface area contributed by atoms with Crippen molar-refractivity contribution in [3.05, 3.63) is 54.0 Å². The van der Waals surface area contributed by atoms with Crippen LogP contribution in [0.5, 0.6) is 11.6 Å². The Morgan fingerprint density at radius 3 is 2.85 bits per heavy atom. The first-order chi connectivity index (χ1) is 13.0. The lowest BCUT2D eigenvalue weighted by molar-refractivity contribution is 0.0922. The van der Waals surface area contributed by atoms with Crippen LogP contribution in [0.1, 0.15) is 37.0 Å². The molecule has 6 heteroatoms. The highest BCUT2D eigenvalue weighted by Crippen LogP contribution is 2.21. The van der Waals surface area contributed by atoms with Crippen molar-refractivity contribution in [1.29, 1.82) is 0 Å².